The van der Waals surface area contributed by atoms with Gasteiger partial charge in [0.15, 0.2) is 0 Å². The van der Waals surface area contributed by atoms with Gasteiger partial charge in [0.25, 0.3) is 5.91 Å². The first-order valence-corrected chi connectivity index (χ1v) is 7.33. The third-order valence-corrected chi connectivity index (χ3v) is 3.66. The van der Waals surface area contributed by atoms with Crippen LogP contribution in [0.2, 0.25) is 0 Å². The molecule has 1 atom stereocenters. The van der Waals surface area contributed by atoms with Crippen LogP contribution in [-0.2, 0) is 6.54 Å². The Balaban J connectivity index is 1.99. The molecular weight excluding hydrogens is 276 g/mol. The van der Waals surface area contributed by atoms with Crippen LogP contribution in [-0.4, -0.2) is 20.1 Å². The minimum Gasteiger partial charge on any atom is -0.496 e. The number of carbonyl (C=O) groups excluding carboxylic acids is 1. The van der Waals surface area contributed by atoms with Crippen molar-refractivity contribution in [2.45, 2.75) is 19.5 Å². The van der Waals surface area contributed by atoms with Crippen molar-refractivity contribution in [2.24, 2.45) is 0 Å². The van der Waals surface area contributed by atoms with Gasteiger partial charge >= 0.3 is 0 Å². The van der Waals surface area contributed by atoms with Crippen LogP contribution in [0.15, 0.2) is 48.5 Å². The Morgan fingerprint density at radius 2 is 1.82 bits per heavy atom. The molecule has 2 aromatic rings. The monoisotopic (exact) mass is 298 g/mol. The molecule has 4 nitrogen and oxygen atoms in total. The van der Waals surface area contributed by atoms with Gasteiger partial charge in [-0.2, -0.15) is 0 Å². The van der Waals surface area contributed by atoms with Crippen molar-refractivity contribution in [3.63, 3.8) is 0 Å². The van der Waals surface area contributed by atoms with E-state index in [4.69, 9.17) is 4.74 Å². The highest BCUT2D eigenvalue weighted by molar-refractivity contribution is 5.93. The average Bonchev–Trinajstić information content (AvgIpc) is 2.59. The Morgan fingerprint density at radius 3 is 2.45 bits per heavy atom. The molecule has 0 aliphatic rings. The molecule has 0 saturated heterocycles. The summed E-state index contributed by atoms with van der Waals surface area (Å²) in [6, 6.07) is 15.8. The Labute approximate surface area is 131 Å². The molecule has 2 N–H and O–H groups in total. The highest BCUT2D eigenvalue weighted by Gasteiger charge is 2.10. The average molecular weight is 298 g/mol. The number of para-hydroxylation sites is 1. The van der Waals surface area contributed by atoms with Gasteiger partial charge in [-0.15, -0.1) is 0 Å². The van der Waals surface area contributed by atoms with E-state index in [-0.39, 0.29) is 11.9 Å². The zero-order valence-electron chi connectivity index (χ0n) is 13.2. The molecule has 0 aromatic heterocycles. The molecule has 0 fully saturated rings. The van der Waals surface area contributed by atoms with Gasteiger partial charge in [0.2, 0.25) is 0 Å². The summed E-state index contributed by atoms with van der Waals surface area (Å²) in [5, 5.41) is 6.09. The van der Waals surface area contributed by atoms with E-state index in [2.05, 4.69) is 23.6 Å². The maximum atomic E-state index is 11.5. The summed E-state index contributed by atoms with van der Waals surface area (Å²) in [7, 11) is 3.32. The number of hydrogen-bond donors (Lipinski definition) is 2. The molecule has 22 heavy (non-hydrogen) atoms. The molecule has 0 radical (unpaired) electrons. The van der Waals surface area contributed by atoms with E-state index in [9.17, 15) is 4.79 Å². The first-order valence-electron chi connectivity index (χ1n) is 7.33. The topological polar surface area (TPSA) is 50.4 Å². The number of hydrogen-bond acceptors (Lipinski definition) is 3. The Hall–Kier alpha value is -2.33. The lowest BCUT2D eigenvalue weighted by Crippen LogP contribution is -2.19. The van der Waals surface area contributed by atoms with Crippen LogP contribution in [0.5, 0.6) is 5.75 Å². The van der Waals surface area contributed by atoms with Crippen molar-refractivity contribution in [1.29, 1.82) is 0 Å². The summed E-state index contributed by atoms with van der Waals surface area (Å²) in [5.41, 5.74) is 2.94. The van der Waals surface area contributed by atoms with Gasteiger partial charge in [0, 0.05) is 30.8 Å². The molecule has 4 heteroatoms. The number of rotatable bonds is 6. The van der Waals surface area contributed by atoms with Crippen molar-refractivity contribution in [3.05, 3.63) is 65.2 Å². The van der Waals surface area contributed by atoms with Crippen molar-refractivity contribution < 1.29 is 9.53 Å². The number of benzene rings is 2. The highest BCUT2D eigenvalue weighted by Crippen LogP contribution is 2.24. The van der Waals surface area contributed by atoms with Crippen LogP contribution >= 0.6 is 0 Å². The van der Waals surface area contributed by atoms with Crippen LogP contribution in [0, 0.1) is 0 Å². The molecule has 0 heterocycles. The van der Waals surface area contributed by atoms with E-state index in [1.807, 2.05) is 42.5 Å². The molecular formula is C18H22N2O2. The lowest BCUT2D eigenvalue weighted by Gasteiger charge is -2.17. The smallest absolute Gasteiger partial charge is 0.251 e. The van der Waals surface area contributed by atoms with Gasteiger partial charge in [0.05, 0.1) is 7.11 Å². The molecule has 1 unspecified atom stereocenters. The van der Waals surface area contributed by atoms with E-state index in [0.717, 1.165) is 23.4 Å². The van der Waals surface area contributed by atoms with E-state index < -0.39 is 0 Å². The quantitative estimate of drug-likeness (QED) is 0.862. The van der Waals surface area contributed by atoms with Gasteiger partial charge < -0.3 is 15.4 Å². The largest absolute Gasteiger partial charge is 0.496 e. The van der Waals surface area contributed by atoms with Gasteiger partial charge in [0.1, 0.15) is 5.75 Å². The normalized spacial score (nSPS) is 11.8. The predicted octanol–water partition coefficient (Wildman–Crippen LogP) is 2.91. The zero-order chi connectivity index (χ0) is 15.9. The molecule has 0 bridgehead atoms. The highest BCUT2D eigenvalue weighted by atomic mass is 16.5. The molecule has 1 amide bonds. The molecule has 0 saturated carbocycles. The second-order valence-electron chi connectivity index (χ2n) is 5.12. The number of carbonyl (C=O) groups is 1. The molecule has 2 aromatic carbocycles. The zero-order valence-corrected chi connectivity index (χ0v) is 13.2. The summed E-state index contributed by atoms with van der Waals surface area (Å²) in [6.07, 6.45) is 0. The lowest BCUT2D eigenvalue weighted by molar-refractivity contribution is 0.0963. The SMILES string of the molecule is CNC(=O)c1ccc(CNC(C)c2ccccc2OC)cc1. The fourth-order valence-electron chi connectivity index (χ4n) is 2.32. The maximum Gasteiger partial charge on any atom is 0.251 e. The van der Waals surface area contributed by atoms with Gasteiger partial charge in [-0.1, -0.05) is 30.3 Å². The molecule has 2 rings (SSSR count). The van der Waals surface area contributed by atoms with Crippen molar-refractivity contribution in [2.75, 3.05) is 14.2 Å². The van der Waals surface area contributed by atoms with Crippen LogP contribution in [0.1, 0.15) is 34.5 Å². The van der Waals surface area contributed by atoms with Crippen molar-refractivity contribution >= 4 is 5.91 Å². The first-order chi connectivity index (χ1) is 10.7. The molecule has 0 spiro atoms. The third kappa shape index (κ3) is 3.86. The summed E-state index contributed by atoms with van der Waals surface area (Å²) >= 11 is 0. The lowest BCUT2D eigenvalue weighted by atomic mass is 10.1. The molecule has 0 aliphatic heterocycles. The second kappa shape index (κ2) is 7.61. The number of nitrogens with one attached hydrogen (secondary N) is 2. The van der Waals surface area contributed by atoms with Crippen molar-refractivity contribution in [1.82, 2.24) is 10.6 Å². The Kier molecular flexibility index (Phi) is 5.55. The fourth-order valence-corrected chi connectivity index (χ4v) is 2.32. The second-order valence-corrected chi connectivity index (χ2v) is 5.12. The van der Waals surface area contributed by atoms with Gasteiger partial charge in [-0.3, -0.25) is 4.79 Å². The third-order valence-electron chi connectivity index (χ3n) is 3.66. The summed E-state index contributed by atoms with van der Waals surface area (Å²) in [6.45, 7) is 2.84. The van der Waals surface area contributed by atoms with Crippen LogP contribution in [0.4, 0.5) is 0 Å². The van der Waals surface area contributed by atoms with Gasteiger partial charge in [-0.25, -0.2) is 0 Å². The number of ether oxygens (including phenoxy) is 1. The molecule has 0 aliphatic carbocycles. The number of amides is 1. The van der Waals surface area contributed by atoms with Crippen LogP contribution < -0.4 is 15.4 Å². The van der Waals surface area contributed by atoms with Crippen LogP contribution in [0.3, 0.4) is 0 Å². The Bertz CT molecular complexity index is 623. The standard InChI is InChI=1S/C18H22N2O2/c1-13(16-6-4-5-7-17(16)22-3)20-12-14-8-10-15(11-9-14)18(21)19-2/h4-11,13,20H,12H2,1-3H3,(H,19,21). The van der Waals surface area contributed by atoms with Crippen LogP contribution in [0.25, 0.3) is 0 Å². The summed E-state index contributed by atoms with van der Waals surface area (Å²) < 4.78 is 5.39. The van der Waals surface area contributed by atoms with Crippen molar-refractivity contribution in [3.8, 4) is 5.75 Å². The Morgan fingerprint density at radius 1 is 1.14 bits per heavy atom. The van der Waals surface area contributed by atoms with E-state index >= 15 is 0 Å². The maximum absolute atomic E-state index is 11.5. The number of methoxy groups -OCH3 is 1. The van der Waals surface area contributed by atoms with E-state index in [1.165, 1.54) is 0 Å². The fraction of sp³-hybridized carbons (Fsp3) is 0.278. The summed E-state index contributed by atoms with van der Waals surface area (Å²) in [4.78, 5) is 11.5. The summed E-state index contributed by atoms with van der Waals surface area (Å²) in [5.74, 6) is 0.819. The first kappa shape index (κ1) is 16.0. The van der Waals surface area contributed by atoms with E-state index in [1.54, 1.807) is 14.2 Å². The molecule has 116 valence electrons. The van der Waals surface area contributed by atoms with Gasteiger partial charge in [-0.05, 0) is 30.7 Å². The minimum absolute atomic E-state index is 0.0677. The minimum atomic E-state index is -0.0677. The predicted molar refractivity (Wildman–Crippen MR) is 88.1 cm³/mol. The van der Waals surface area contributed by atoms with E-state index in [0.29, 0.717) is 5.56 Å².